The van der Waals surface area contributed by atoms with Gasteiger partial charge in [-0.2, -0.15) is 45.3 Å². The monoisotopic (exact) mass is 1240 g/mol. The lowest BCUT2D eigenvalue weighted by Gasteiger charge is -2.29. The van der Waals surface area contributed by atoms with E-state index in [9.17, 15) is 67.6 Å². The highest BCUT2D eigenvalue weighted by atomic mass is 35.5. The van der Waals surface area contributed by atoms with E-state index in [1.54, 1.807) is 7.05 Å². The number of benzene rings is 2. The number of aromatic nitrogens is 5. The van der Waals surface area contributed by atoms with E-state index in [0.717, 1.165) is 31.4 Å². The Balaban J connectivity index is 0.000000738. The minimum absolute atomic E-state index is 0.149. The highest BCUT2D eigenvalue weighted by Gasteiger charge is 2.54. The maximum absolute atomic E-state index is 15.3. The summed E-state index contributed by atoms with van der Waals surface area (Å²) in [5, 5.41) is 18.3. The molecule has 3 aromatic heterocycles. The van der Waals surface area contributed by atoms with Crippen molar-refractivity contribution in [2.75, 3.05) is 30.4 Å². The van der Waals surface area contributed by atoms with Crippen molar-refractivity contribution in [2.24, 2.45) is 0 Å². The molecular weight excluding hydrogens is 1190 g/mol. The summed E-state index contributed by atoms with van der Waals surface area (Å²) in [7, 11) is -10.4. The van der Waals surface area contributed by atoms with Gasteiger partial charge in [-0.15, -0.1) is 0 Å². The molecule has 19 nitrogen and oxygen atoms in total. The summed E-state index contributed by atoms with van der Waals surface area (Å²) in [6.45, 7) is 1.45. The van der Waals surface area contributed by atoms with E-state index in [1.807, 2.05) is 0 Å². The Morgan fingerprint density at radius 3 is 2.15 bits per heavy atom. The van der Waals surface area contributed by atoms with E-state index in [1.165, 1.54) is 38.3 Å². The average molecular weight is 1240 g/mol. The number of alkyl halides is 8. The number of nitrogens with zero attached hydrogens (tertiary/aromatic N) is 6. The number of amides is 2. The maximum Gasteiger partial charge on any atom is 0.435 e. The van der Waals surface area contributed by atoms with Crippen molar-refractivity contribution in [1.82, 2.24) is 35.2 Å². The van der Waals surface area contributed by atoms with Crippen molar-refractivity contribution in [3.8, 4) is 23.0 Å². The van der Waals surface area contributed by atoms with Crippen LogP contribution >= 0.6 is 27.6 Å². The Morgan fingerprint density at radius 1 is 1.01 bits per heavy atom. The number of carbonyl (C=O) groups is 3. The smallest absolute Gasteiger partial charge is 0.370 e. The number of carbonyl (C=O) groups excluding carboxylic acids is 3. The molecule has 0 saturated heterocycles. The van der Waals surface area contributed by atoms with Gasteiger partial charge in [-0.1, -0.05) is 30.5 Å². The largest absolute Gasteiger partial charge is 0.435 e. The Bertz CT molecular complexity index is 3330. The Morgan fingerprint density at radius 2 is 1.62 bits per heavy atom. The second kappa shape index (κ2) is 25.1. The van der Waals surface area contributed by atoms with Gasteiger partial charge in [-0.3, -0.25) is 32.5 Å². The van der Waals surface area contributed by atoms with Crippen LogP contribution in [0.5, 0.6) is 0 Å². The number of pyridine rings is 1. The summed E-state index contributed by atoms with van der Waals surface area (Å²) >= 11 is 6.54. The fourth-order valence-electron chi connectivity index (χ4n) is 8.29. The van der Waals surface area contributed by atoms with Gasteiger partial charge in [0, 0.05) is 52.5 Å². The van der Waals surface area contributed by atoms with E-state index < -0.39 is 161 Å². The number of fused-ring (bicyclic) bond motifs is 2. The van der Waals surface area contributed by atoms with Gasteiger partial charge in [-0.25, -0.2) is 22.3 Å². The van der Waals surface area contributed by atoms with Crippen LogP contribution in [0.15, 0.2) is 42.5 Å². The minimum atomic E-state index is -5.21. The first-order valence-corrected chi connectivity index (χ1v) is 29.3. The number of hydrogen-bond acceptors (Lipinski definition) is 13. The molecule has 0 fully saturated rings. The molecule has 80 heavy (non-hydrogen) atoms. The standard InChI is InChI=1S/C41H34ClF10N7O5S2.C5H15NO6P2/c1-20-16-39(45,46)36-31(20)35(41(50,51)52)55-57(36)17-29(61)54-28(14-21-12-22(43)15-23(44)13-21)33-25(7-6-24(53-33)10-11-38(2,3)65(4)63)26-8-9-27(42)32-34(26)58(19-40(47,48)49)56-37(32)59(66(5)64)30(62)18-60;1-6-4-2-3-5(7,13(8)9)14(10,11)12/h6-9,12-13,15,18,20,28H,14,16-17,19H2,1-5H3,(H,54,61);6-9H,2-4H2,1H3,(H2,10,11,12)/t20-,28?,65?,66?;/m0./s1. The molecule has 438 valence electrons. The predicted octanol–water partition coefficient (Wildman–Crippen LogP) is 6.95. The average Bonchev–Trinajstić information content (AvgIpc) is 3.96. The quantitative estimate of drug-likeness (QED) is 0.0117. The topological polar surface area (TPSA) is 279 Å². The summed E-state index contributed by atoms with van der Waals surface area (Å²) in [6, 6.07) is 5.30. The van der Waals surface area contributed by atoms with Gasteiger partial charge < -0.3 is 35.3 Å². The summed E-state index contributed by atoms with van der Waals surface area (Å²) < 4.78 is 181. The number of hydrogen-bond donors (Lipinski definition) is 7. The van der Waals surface area contributed by atoms with Crippen LogP contribution in [0.25, 0.3) is 22.0 Å². The zero-order valence-corrected chi connectivity index (χ0v) is 46.6. The molecule has 0 bridgehead atoms. The summed E-state index contributed by atoms with van der Waals surface area (Å²) in [5.41, 5.74) is -5.31. The molecule has 5 aromatic rings. The summed E-state index contributed by atoms with van der Waals surface area (Å²) in [4.78, 5) is 78.0. The van der Waals surface area contributed by atoms with Crippen molar-refractivity contribution in [2.45, 2.75) is 99.6 Å². The van der Waals surface area contributed by atoms with Crippen molar-refractivity contribution >= 4 is 84.2 Å². The first-order valence-electron chi connectivity index (χ1n) is 23.0. The molecule has 7 N–H and O–H groups in total. The number of aldehydes is 1. The molecule has 5 atom stereocenters. The van der Waals surface area contributed by atoms with Gasteiger partial charge in [-0.05, 0) is 94.4 Å². The zero-order chi connectivity index (χ0) is 60.4. The van der Waals surface area contributed by atoms with Gasteiger partial charge >= 0.3 is 25.9 Å². The maximum atomic E-state index is 15.3. The van der Waals surface area contributed by atoms with Crippen LogP contribution in [0.2, 0.25) is 5.02 Å². The van der Waals surface area contributed by atoms with Crippen LogP contribution in [-0.4, -0.2) is 118 Å². The fraction of sp³-hybridized carbons (Fsp3) is 0.435. The molecular formula is C46H49ClF10N8O11P2S2. The number of rotatable bonds is 18. The number of nitrogens with one attached hydrogen (secondary N) is 2. The number of anilines is 1. The molecule has 1 aliphatic rings. The number of aliphatic hydroxyl groups is 1. The molecule has 0 spiro atoms. The van der Waals surface area contributed by atoms with E-state index in [0.29, 0.717) is 17.3 Å². The van der Waals surface area contributed by atoms with Crippen LogP contribution in [0.4, 0.5) is 49.7 Å². The van der Waals surface area contributed by atoms with E-state index in [-0.39, 0.29) is 61.2 Å². The molecule has 3 heterocycles. The van der Waals surface area contributed by atoms with Gasteiger partial charge in [0.05, 0.1) is 27.7 Å². The second-order valence-corrected chi connectivity index (χ2v) is 25.5. The van der Waals surface area contributed by atoms with Gasteiger partial charge in [0.1, 0.15) is 51.8 Å². The van der Waals surface area contributed by atoms with E-state index in [4.69, 9.17) is 31.2 Å². The zero-order valence-electron chi connectivity index (χ0n) is 42.5. The molecule has 34 heteroatoms. The first-order chi connectivity index (χ1) is 36.8. The predicted molar refractivity (Wildman–Crippen MR) is 273 cm³/mol. The lowest BCUT2D eigenvalue weighted by Crippen LogP contribution is -2.35. The van der Waals surface area contributed by atoms with Crippen LogP contribution < -0.4 is 14.9 Å². The van der Waals surface area contributed by atoms with Gasteiger partial charge in [0.15, 0.2) is 11.5 Å². The summed E-state index contributed by atoms with van der Waals surface area (Å²) in [6.07, 6.45) is -10.0. The SMILES string of the molecule is CNCCCC(O)(P(O)O)P(=O)(O)O.C[C@H]1CC(F)(F)c2c1c(C(F)(F)F)nn2CC(=O)NC(Cc1cc(F)cc(F)c1)c1nc(C#CC(C)(C)S(C)=O)ccc1-c1ccc(Cl)c2c(N(C(=O)C=O)S(C)=O)nn(CC(F)(F)F)c12. The lowest BCUT2D eigenvalue weighted by atomic mass is 9.93. The van der Waals surface area contributed by atoms with Crippen molar-refractivity contribution < 1.29 is 96.0 Å². The highest BCUT2D eigenvalue weighted by Crippen LogP contribution is 2.65. The van der Waals surface area contributed by atoms with E-state index in [2.05, 4.69) is 37.7 Å². The molecule has 1 aliphatic carbocycles. The molecule has 0 aliphatic heterocycles. The molecule has 2 amide bonds. The third kappa shape index (κ3) is 15.1. The first kappa shape index (κ1) is 65.6. The molecule has 2 aromatic carbocycles. The Hall–Kier alpha value is -5.25. The van der Waals surface area contributed by atoms with Crippen molar-refractivity contribution in [3.63, 3.8) is 0 Å². The molecule has 6 rings (SSSR count). The fourth-order valence-corrected chi connectivity index (χ4v) is 11.1. The van der Waals surface area contributed by atoms with Crippen LogP contribution in [0, 0.1) is 23.5 Å². The highest BCUT2D eigenvalue weighted by molar-refractivity contribution is 7.86. The third-order valence-electron chi connectivity index (χ3n) is 12.0. The Labute approximate surface area is 459 Å². The van der Waals surface area contributed by atoms with Crippen molar-refractivity contribution in [3.05, 3.63) is 93.0 Å². The molecule has 4 unspecified atom stereocenters. The van der Waals surface area contributed by atoms with Crippen LogP contribution in [-0.2, 0) is 72.3 Å². The van der Waals surface area contributed by atoms with E-state index >= 15 is 8.78 Å². The lowest BCUT2D eigenvalue weighted by molar-refractivity contribution is -0.143. The Kier molecular flexibility index (Phi) is 20.6. The summed E-state index contributed by atoms with van der Waals surface area (Å²) in [5.74, 6) is -5.43. The normalized spacial score (nSPS) is 16.4. The van der Waals surface area contributed by atoms with Crippen molar-refractivity contribution in [1.29, 1.82) is 0 Å². The van der Waals surface area contributed by atoms with Crippen LogP contribution in [0.3, 0.4) is 0 Å². The van der Waals surface area contributed by atoms with Gasteiger partial charge in [0.25, 0.3) is 5.92 Å². The van der Waals surface area contributed by atoms with Crippen LogP contribution in [0.1, 0.15) is 85.9 Å². The third-order valence-corrected chi connectivity index (χ3v) is 18.1. The van der Waals surface area contributed by atoms with Gasteiger partial charge in [0.2, 0.25) is 25.7 Å². The molecule has 0 radical (unpaired) electrons. The number of halogens is 11. The minimum Gasteiger partial charge on any atom is -0.370 e. The molecule has 0 saturated carbocycles. The second-order valence-electron chi connectivity index (χ2n) is 18.4.